The number of rotatable bonds is 5. The smallest absolute Gasteiger partial charge is 0.272 e. The van der Waals surface area contributed by atoms with Crippen LogP contribution < -0.4 is 10.2 Å². The first-order chi connectivity index (χ1) is 14.2. The number of pyridine rings is 1. The fourth-order valence-corrected chi connectivity index (χ4v) is 3.00. The van der Waals surface area contributed by atoms with Crippen LogP contribution in [0, 0.1) is 6.92 Å². The fraction of sp³-hybridized carbons (Fsp3) is 0.0417. The fourth-order valence-electron chi connectivity index (χ4n) is 3.00. The number of carbonyl (C=O) groups is 1. The molecular formula is C24H19N3O2. The van der Waals surface area contributed by atoms with Gasteiger partial charge in [0.25, 0.3) is 5.91 Å². The van der Waals surface area contributed by atoms with E-state index in [0.717, 1.165) is 27.9 Å². The summed E-state index contributed by atoms with van der Waals surface area (Å²) in [6.45, 7) is 1.87. The Morgan fingerprint density at radius 1 is 0.931 bits per heavy atom. The lowest BCUT2D eigenvalue weighted by Crippen LogP contribution is -2.18. The van der Waals surface area contributed by atoms with Gasteiger partial charge in [-0.25, -0.2) is 5.43 Å². The average molecular weight is 381 g/mol. The Morgan fingerprint density at radius 3 is 2.55 bits per heavy atom. The molecule has 0 aliphatic rings. The second kappa shape index (κ2) is 8.35. The molecule has 0 spiro atoms. The van der Waals surface area contributed by atoms with Crippen LogP contribution in [0.2, 0.25) is 0 Å². The molecule has 0 saturated heterocycles. The minimum atomic E-state index is -0.278. The predicted molar refractivity (Wildman–Crippen MR) is 114 cm³/mol. The number of ether oxygens (including phenoxy) is 1. The van der Waals surface area contributed by atoms with Crippen LogP contribution in [0.1, 0.15) is 21.6 Å². The monoisotopic (exact) mass is 381 g/mol. The van der Waals surface area contributed by atoms with Crippen LogP contribution in [-0.4, -0.2) is 17.1 Å². The highest BCUT2D eigenvalue weighted by Gasteiger charge is 2.11. The Kier molecular flexibility index (Phi) is 5.29. The van der Waals surface area contributed by atoms with E-state index in [-0.39, 0.29) is 5.91 Å². The molecule has 142 valence electrons. The van der Waals surface area contributed by atoms with E-state index >= 15 is 0 Å². The molecule has 0 bridgehead atoms. The van der Waals surface area contributed by atoms with Crippen LogP contribution in [0.4, 0.5) is 0 Å². The molecule has 4 aromatic rings. The number of para-hydroxylation sites is 2. The summed E-state index contributed by atoms with van der Waals surface area (Å²) in [5, 5.41) is 4.90. The zero-order valence-electron chi connectivity index (χ0n) is 15.9. The van der Waals surface area contributed by atoms with Gasteiger partial charge in [-0.1, -0.05) is 48.5 Å². The molecule has 5 heteroatoms. The summed E-state index contributed by atoms with van der Waals surface area (Å²) in [6, 6.07) is 26.4. The lowest BCUT2D eigenvalue weighted by Gasteiger charge is -2.07. The third-order valence-corrected chi connectivity index (χ3v) is 4.31. The zero-order valence-corrected chi connectivity index (χ0v) is 15.9. The second-order valence-electron chi connectivity index (χ2n) is 6.52. The highest BCUT2D eigenvalue weighted by molar-refractivity contribution is 6.06. The first-order valence-corrected chi connectivity index (χ1v) is 9.22. The van der Waals surface area contributed by atoms with Crippen LogP contribution >= 0.6 is 0 Å². The van der Waals surface area contributed by atoms with Crippen LogP contribution in [-0.2, 0) is 0 Å². The molecule has 5 nitrogen and oxygen atoms in total. The van der Waals surface area contributed by atoms with Gasteiger partial charge in [0.15, 0.2) is 0 Å². The topological polar surface area (TPSA) is 63.6 Å². The highest BCUT2D eigenvalue weighted by Crippen LogP contribution is 2.21. The number of fused-ring (bicyclic) bond motifs is 1. The van der Waals surface area contributed by atoms with Crippen LogP contribution in [0.15, 0.2) is 90.0 Å². The van der Waals surface area contributed by atoms with Crippen LogP contribution in [0.25, 0.3) is 10.9 Å². The molecule has 0 saturated carbocycles. The van der Waals surface area contributed by atoms with Gasteiger partial charge in [0.2, 0.25) is 0 Å². The van der Waals surface area contributed by atoms with E-state index in [9.17, 15) is 4.79 Å². The molecule has 4 rings (SSSR count). The van der Waals surface area contributed by atoms with Crippen molar-refractivity contribution in [1.82, 2.24) is 10.4 Å². The highest BCUT2D eigenvalue weighted by atomic mass is 16.5. The van der Waals surface area contributed by atoms with Gasteiger partial charge < -0.3 is 4.74 Å². The molecule has 0 aliphatic heterocycles. The minimum absolute atomic E-state index is 0.278. The summed E-state index contributed by atoms with van der Waals surface area (Å²) in [4.78, 5) is 17.1. The molecule has 0 fully saturated rings. The number of carbonyl (C=O) groups excluding carboxylic acids is 1. The third-order valence-electron chi connectivity index (χ3n) is 4.31. The molecule has 0 atom stereocenters. The Hall–Kier alpha value is -3.99. The molecule has 0 radical (unpaired) electrons. The van der Waals surface area contributed by atoms with Gasteiger partial charge in [0, 0.05) is 11.1 Å². The first kappa shape index (κ1) is 18.4. The standard InChI is InChI=1S/C24H19N3O2/c1-17-14-22(21-12-5-6-13-23(21)26-17)24(28)27-25-16-18-8-7-11-20(15-18)29-19-9-3-2-4-10-19/h2-16H,1H3,(H,27,28)/b25-16+. The Bertz CT molecular complexity index is 1190. The van der Waals surface area contributed by atoms with E-state index in [4.69, 9.17) is 4.74 Å². The number of hydrogen-bond donors (Lipinski definition) is 1. The van der Waals surface area contributed by atoms with Gasteiger partial charge in [-0.2, -0.15) is 5.10 Å². The van der Waals surface area contributed by atoms with Crippen molar-refractivity contribution in [2.24, 2.45) is 5.10 Å². The lowest BCUT2D eigenvalue weighted by molar-refractivity contribution is 0.0956. The van der Waals surface area contributed by atoms with Gasteiger partial charge in [0.05, 0.1) is 17.3 Å². The lowest BCUT2D eigenvalue weighted by atomic mass is 10.1. The number of aromatic nitrogens is 1. The number of nitrogens with one attached hydrogen (secondary N) is 1. The number of nitrogens with zero attached hydrogens (tertiary/aromatic N) is 2. The predicted octanol–water partition coefficient (Wildman–Crippen LogP) is 5.10. The van der Waals surface area contributed by atoms with E-state index in [2.05, 4.69) is 15.5 Å². The number of amides is 1. The van der Waals surface area contributed by atoms with Crippen molar-refractivity contribution in [3.05, 3.63) is 102 Å². The number of aryl methyl sites for hydroxylation is 1. The van der Waals surface area contributed by atoms with Crippen molar-refractivity contribution in [1.29, 1.82) is 0 Å². The number of benzene rings is 3. The third kappa shape index (κ3) is 4.47. The van der Waals surface area contributed by atoms with E-state index in [1.807, 2.05) is 85.8 Å². The minimum Gasteiger partial charge on any atom is -0.457 e. The zero-order chi connectivity index (χ0) is 20.1. The molecule has 1 N–H and O–H groups in total. The maximum absolute atomic E-state index is 12.6. The summed E-state index contributed by atoms with van der Waals surface area (Å²) in [6.07, 6.45) is 1.59. The summed E-state index contributed by atoms with van der Waals surface area (Å²) in [5.41, 5.74) is 5.53. The Morgan fingerprint density at radius 2 is 1.69 bits per heavy atom. The van der Waals surface area contributed by atoms with Crippen molar-refractivity contribution < 1.29 is 9.53 Å². The van der Waals surface area contributed by atoms with Gasteiger partial charge >= 0.3 is 0 Å². The molecule has 3 aromatic carbocycles. The average Bonchev–Trinajstić information content (AvgIpc) is 2.74. The molecule has 0 aliphatic carbocycles. The largest absolute Gasteiger partial charge is 0.457 e. The van der Waals surface area contributed by atoms with Crippen molar-refractivity contribution >= 4 is 23.0 Å². The molecule has 1 heterocycles. The van der Waals surface area contributed by atoms with E-state index in [1.165, 1.54) is 0 Å². The van der Waals surface area contributed by atoms with Gasteiger partial charge in [-0.3, -0.25) is 9.78 Å². The number of hydrazone groups is 1. The summed E-state index contributed by atoms with van der Waals surface area (Å²) >= 11 is 0. The van der Waals surface area contributed by atoms with E-state index in [0.29, 0.717) is 11.3 Å². The summed E-state index contributed by atoms with van der Waals surface area (Å²) < 4.78 is 5.82. The Labute approximate surface area is 168 Å². The molecule has 1 amide bonds. The maximum atomic E-state index is 12.6. The Balaban J connectivity index is 1.48. The van der Waals surface area contributed by atoms with E-state index < -0.39 is 0 Å². The van der Waals surface area contributed by atoms with Gasteiger partial charge in [-0.05, 0) is 48.9 Å². The normalized spacial score (nSPS) is 10.9. The quantitative estimate of drug-likeness (QED) is 0.386. The van der Waals surface area contributed by atoms with Crippen molar-refractivity contribution in [3.8, 4) is 11.5 Å². The molecule has 0 unspecified atom stereocenters. The van der Waals surface area contributed by atoms with Crippen molar-refractivity contribution in [3.63, 3.8) is 0 Å². The summed E-state index contributed by atoms with van der Waals surface area (Å²) in [7, 11) is 0. The summed E-state index contributed by atoms with van der Waals surface area (Å²) in [5.74, 6) is 1.18. The second-order valence-corrected chi connectivity index (χ2v) is 6.52. The van der Waals surface area contributed by atoms with Crippen molar-refractivity contribution in [2.45, 2.75) is 6.92 Å². The van der Waals surface area contributed by atoms with Gasteiger partial charge in [-0.15, -0.1) is 0 Å². The molecular weight excluding hydrogens is 362 g/mol. The van der Waals surface area contributed by atoms with Gasteiger partial charge in [0.1, 0.15) is 11.5 Å². The molecule has 29 heavy (non-hydrogen) atoms. The van der Waals surface area contributed by atoms with E-state index in [1.54, 1.807) is 12.3 Å². The van der Waals surface area contributed by atoms with Crippen LogP contribution in [0.5, 0.6) is 11.5 Å². The van der Waals surface area contributed by atoms with Crippen molar-refractivity contribution in [2.75, 3.05) is 0 Å². The SMILES string of the molecule is Cc1cc(C(=O)N/N=C/c2cccc(Oc3ccccc3)c2)c2ccccc2n1. The molecule has 1 aromatic heterocycles. The maximum Gasteiger partial charge on any atom is 0.272 e. The van der Waals surface area contributed by atoms with Crippen LogP contribution in [0.3, 0.4) is 0 Å². The first-order valence-electron chi connectivity index (χ1n) is 9.22. The number of hydrogen-bond acceptors (Lipinski definition) is 4.